The Morgan fingerprint density at radius 3 is 1.87 bits per heavy atom. The summed E-state index contributed by atoms with van der Waals surface area (Å²) in [7, 11) is 0. The molecule has 0 radical (unpaired) electrons. The van der Waals surface area contributed by atoms with Crippen molar-refractivity contribution in [2.24, 2.45) is 16.5 Å². The van der Waals surface area contributed by atoms with Crippen LogP contribution >= 0.6 is 0 Å². The lowest BCUT2D eigenvalue weighted by molar-refractivity contribution is -0.133. The van der Waals surface area contributed by atoms with Gasteiger partial charge in [-0.2, -0.15) is 5.10 Å². The second-order valence-corrected chi connectivity index (χ2v) is 14.2. The molecule has 6 N–H and O–H groups in total. The number of fused-ring (bicyclic) bond motifs is 3. The molecule has 2 aliphatic heterocycles. The van der Waals surface area contributed by atoms with Gasteiger partial charge in [0, 0.05) is 31.6 Å². The number of nitrogen functional groups attached to an aromatic ring is 1. The van der Waals surface area contributed by atoms with E-state index >= 15 is 0 Å². The van der Waals surface area contributed by atoms with Gasteiger partial charge in [-0.05, 0) is 34.7 Å². The molecule has 2 aromatic carbocycles. The number of ether oxygens (including phenoxy) is 8. The minimum atomic E-state index is 0.0769. The van der Waals surface area contributed by atoms with Crippen LogP contribution in [0.15, 0.2) is 47.7 Å². The molecule has 18 heteroatoms. The Morgan fingerprint density at radius 1 is 0.667 bits per heavy atom. The average molecular weight is 834 g/mol. The van der Waals surface area contributed by atoms with Crippen molar-refractivity contribution in [3.8, 4) is 11.3 Å². The average Bonchev–Trinajstić information content (AvgIpc) is 3.82. The highest BCUT2D eigenvalue weighted by Gasteiger charge is 2.23. The van der Waals surface area contributed by atoms with Crippen LogP contribution in [0.1, 0.15) is 28.7 Å². The van der Waals surface area contributed by atoms with Crippen molar-refractivity contribution < 1.29 is 42.7 Å². The first kappa shape index (κ1) is 44.9. The number of rotatable bonds is 29. The third-order valence-electron chi connectivity index (χ3n) is 9.85. The summed E-state index contributed by atoms with van der Waals surface area (Å²) in [4.78, 5) is 28.2. The van der Waals surface area contributed by atoms with Crippen molar-refractivity contribution in [1.82, 2.24) is 24.6 Å². The van der Waals surface area contributed by atoms with Gasteiger partial charge >= 0.3 is 0 Å². The van der Waals surface area contributed by atoms with E-state index in [0.717, 1.165) is 34.4 Å². The van der Waals surface area contributed by atoms with Gasteiger partial charge in [-0.1, -0.05) is 30.3 Å². The van der Waals surface area contributed by atoms with Gasteiger partial charge in [-0.3, -0.25) is 4.79 Å². The third kappa shape index (κ3) is 13.7. The van der Waals surface area contributed by atoms with Crippen molar-refractivity contribution in [3.05, 3.63) is 65.0 Å². The van der Waals surface area contributed by atoms with Crippen LogP contribution < -0.4 is 17.2 Å². The number of nitrogens with two attached hydrogens (primary N) is 3. The highest BCUT2D eigenvalue weighted by Crippen LogP contribution is 2.35. The summed E-state index contributed by atoms with van der Waals surface area (Å²) in [5, 5.41) is 5.67. The highest BCUT2D eigenvalue weighted by atomic mass is 16.6. The van der Waals surface area contributed by atoms with Gasteiger partial charge < -0.3 is 60.0 Å². The maximum absolute atomic E-state index is 13.0. The van der Waals surface area contributed by atoms with Gasteiger partial charge in [0.1, 0.15) is 23.7 Å². The maximum atomic E-state index is 13.0. The summed E-state index contributed by atoms with van der Waals surface area (Å²) in [6.45, 7) is 9.95. The number of carbonyl (C=O) groups is 1. The van der Waals surface area contributed by atoms with Crippen LogP contribution in [0.4, 0.5) is 11.5 Å². The standard InChI is InChI=1S/C42H59N9O9/c43-7-10-54-12-14-56-16-18-58-20-22-60-24-23-59-21-19-57-17-15-55-13-11-53-9-6-38(52)50-8-5-32-25-31(1-2-35(32)29-50)28-51-42-39(41(45)46-30-47-42)40(49-51)34-4-3-33-27-37(44)48-36(33)26-34/h1-4,25-26,30H,5-24,27-29,43H2,(H2,44,48)(H2,45,46,47). The molecular formula is C42H59N9O9. The van der Waals surface area contributed by atoms with Gasteiger partial charge in [0.05, 0.1) is 130 Å². The number of benzene rings is 2. The second kappa shape index (κ2) is 24.6. The van der Waals surface area contributed by atoms with Crippen LogP contribution in [0.3, 0.4) is 0 Å². The van der Waals surface area contributed by atoms with Gasteiger partial charge in [0.15, 0.2) is 5.65 Å². The van der Waals surface area contributed by atoms with E-state index in [4.69, 9.17) is 60.2 Å². The zero-order valence-corrected chi connectivity index (χ0v) is 34.4. The molecule has 2 aliphatic rings. The molecular weight excluding hydrogens is 775 g/mol. The molecule has 4 aromatic rings. The summed E-state index contributed by atoms with van der Waals surface area (Å²) in [5.41, 5.74) is 25.3. The molecule has 0 atom stereocenters. The lowest BCUT2D eigenvalue weighted by atomic mass is 9.97. The lowest BCUT2D eigenvalue weighted by Crippen LogP contribution is -2.36. The number of hydrogen-bond donors (Lipinski definition) is 3. The van der Waals surface area contributed by atoms with Crippen LogP contribution in [0.2, 0.25) is 0 Å². The fraction of sp³-hybridized carbons (Fsp3) is 0.548. The number of nitrogens with zero attached hydrogens (tertiary/aromatic N) is 6. The van der Waals surface area contributed by atoms with Crippen LogP contribution in [-0.2, 0) is 68.6 Å². The molecule has 326 valence electrons. The van der Waals surface area contributed by atoms with E-state index in [2.05, 4.69) is 33.2 Å². The number of anilines is 1. The van der Waals surface area contributed by atoms with E-state index in [9.17, 15) is 4.79 Å². The molecule has 60 heavy (non-hydrogen) atoms. The molecule has 0 bridgehead atoms. The second-order valence-electron chi connectivity index (χ2n) is 14.2. The summed E-state index contributed by atoms with van der Waals surface area (Å²) < 4.78 is 45.7. The first-order valence-corrected chi connectivity index (χ1v) is 20.6. The van der Waals surface area contributed by atoms with E-state index < -0.39 is 0 Å². The summed E-state index contributed by atoms with van der Waals surface area (Å²) in [5.74, 6) is 1.05. The maximum Gasteiger partial charge on any atom is 0.225 e. The zero-order chi connectivity index (χ0) is 41.8. The molecule has 0 aliphatic carbocycles. The summed E-state index contributed by atoms with van der Waals surface area (Å²) >= 11 is 0. The SMILES string of the molecule is NCCOCCOCCOCCOCCOCCOCCOCCOCCC(=O)N1CCc2cc(Cn3nc(-c4ccc5c(c4)N=C(N)C5)c4c(N)ncnc43)ccc2C1. The van der Waals surface area contributed by atoms with E-state index in [-0.39, 0.29) is 5.91 Å². The Kier molecular flexibility index (Phi) is 18.4. The van der Waals surface area contributed by atoms with Gasteiger partial charge in [0.2, 0.25) is 5.91 Å². The molecule has 2 aromatic heterocycles. The Bertz CT molecular complexity index is 1980. The number of aliphatic imine (C=N–C) groups is 1. The first-order valence-electron chi connectivity index (χ1n) is 20.6. The van der Waals surface area contributed by atoms with Crippen LogP contribution in [0, 0.1) is 0 Å². The third-order valence-corrected chi connectivity index (χ3v) is 9.85. The predicted molar refractivity (Wildman–Crippen MR) is 225 cm³/mol. The van der Waals surface area contributed by atoms with Gasteiger partial charge in [0.25, 0.3) is 0 Å². The largest absolute Gasteiger partial charge is 0.387 e. The van der Waals surface area contributed by atoms with Crippen molar-refractivity contribution >= 4 is 34.3 Å². The minimum absolute atomic E-state index is 0.0769. The number of aromatic nitrogens is 4. The molecule has 0 saturated carbocycles. The molecule has 0 fully saturated rings. The highest BCUT2D eigenvalue weighted by molar-refractivity contribution is 5.99. The Labute approximate surface area is 350 Å². The smallest absolute Gasteiger partial charge is 0.225 e. The fourth-order valence-corrected chi connectivity index (χ4v) is 6.83. The molecule has 4 heterocycles. The molecule has 0 saturated heterocycles. The Morgan fingerprint density at radius 2 is 1.25 bits per heavy atom. The predicted octanol–water partition coefficient (Wildman–Crippen LogP) is 2.03. The Hall–Kier alpha value is -4.63. The molecule has 6 rings (SSSR count). The van der Waals surface area contributed by atoms with Crippen molar-refractivity contribution in [3.63, 3.8) is 0 Å². The number of carbonyl (C=O) groups excluding carboxylic acids is 1. The topological polar surface area (TPSA) is 228 Å². The quantitative estimate of drug-likeness (QED) is 0.0666. The van der Waals surface area contributed by atoms with E-state index in [1.807, 2.05) is 27.8 Å². The normalized spacial score (nSPS) is 13.6. The number of hydrogen-bond acceptors (Lipinski definition) is 16. The summed E-state index contributed by atoms with van der Waals surface area (Å²) in [6.07, 6.45) is 3.20. The monoisotopic (exact) mass is 833 g/mol. The molecule has 1 amide bonds. The van der Waals surface area contributed by atoms with E-state index in [0.29, 0.717) is 173 Å². The van der Waals surface area contributed by atoms with Gasteiger partial charge in [-0.15, -0.1) is 0 Å². The van der Waals surface area contributed by atoms with Crippen molar-refractivity contribution in [2.45, 2.75) is 32.4 Å². The molecule has 18 nitrogen and oxygen atoms in total. The van der Waals surface area contributed by atoms with Crippen LogP contribution in [-0.4, -0.2) is 155 Å². The minimum Gasteiger partial charge on any atom is -0.387 e. The fourth-order valence-electron chi connectivity index (χ4n) is 6.83. The number of amides is 1. The molecule has 0 unspecified atom stereocenters. The van der Waals surface area contributed by atoms with Crippen LogP contribution in [0.25, 0.3) is 22.3 Å². The van der Waals surface area contributed by atoms with Crippen LogP contribution in [0.5, 0.6) is 0 Å². The number of amidine groups is 1. The first-order chi connectivity index (χ1) is 29.5. The summed E-state index contributed by atoms with van der Waals surface area (Å²) in [6, 6.07) is 12.4. The molecule has 0 spiro atoms. The van der Waals surface area contributed by atoms with Crippen molar-refractivity contribution in [2.75, 3.05) is 125 Å². The van der Waals surface area contributed by atoms with E-state index in [1.54, 1.807) is 0 Å². The lowest BCUT2D eigenvalue weighted by Gasteiger charge is -2.29. The van der Waals surface area contributed by atoms with Gasteiger partial charge in [-0.25, -0.2) is 19.6 Å². The van der Waals surface area contributed by atoms with E-state index in [1.165, 1.54) is 11.9 Å². The Balaban J connectivity index is 0.787. The zero-order valence-electron chi connectivity index (χ0n) is 34.4. The van der Waals surface area contributed by atoms with Crippen molar-refractivity contribution in [1.29, 1.82) is 0 Å².